The van der Waals surface area contributed by atoms with E-state index in [1.54, 1.807) is 36.4 Å². The summed E-state index contributed by atoms with van der Waals surface area (Å²) in [5.41, 5.74) is 1.35. The molecule has 0 saturated carbocycles. The molecule has 0 bridgehead atoms. The van der Waals surface area contributed by atoms with Gasteiger partial charge >= 0.3 is 5.97 Å². The number of aliphatic carboxylic acids is 1. The number of hydrogen-bond acceptors (Lipinski definition) is 4. The van der Waals surface area contributed by atoms with Gasteiger partial charge in [0.25, 0.3) is 5.91 Å². The van der Waals surface area contributed by atoms with Crippen molar-refractivity contribution in [2.24, 2.45) is 5.92 Å². The van der Waals surface area contributed by atoms with Crippen LogP contribution >= 0.6 is 0 Å². The van der Waals surface area contributed by atoms with Crippen LogP contribution < -0.4 is 0 Å². The second-order valence-corrected chi connectivity index (χ2v) is 5.72. The van der Waals surface area contributed by atoms with Crippen LogP contribution in [-0.2, 0) is 4.79 Å². The van der Waals surface area contributed by atoms with Gasteiger partial charge in [0.1, 0.15) is 5.76 Å². The van der Waals surface area contributed by atoms with E-state index in [9.17, 15) is 14.4 Å². The first kappa shape index (κ1) is 17.5. The molecule has 6 nitrogen and oxygen atoms in total. The molecular formula is C18H19NO5. The number of furan rings is 1. The van der Waals surface area contributed by atoms with E-state index < -0.39 is 11.9 Å². The fourth-order valence-electron chi connectivity index (χ4n) is 2.24. The lowest BCUT2D eigenvalue weighted by Crippen LogP contribution is -2.33. The quantitative estimate of drug-likeness (QED) is 0.823. The number of ketones is 1. The van der Waals surface area contributed by atoms with E-state index in [4.69, 9.17) is 9.52 Å². The molecular weight excluding hydrogens is 310 g/mol. The van der Waals surface area contributed by atoms with Crippen LogP contribution in [-0.4, -0.2) is 41.3 Å². The Morgan fingerprint density at radius 3 is 2.29 bits per heavy atom. The molecule has 126 valence electrons. The summed E-state index contributed by atoms with van der Waals surface area (Å²) in [6, 6.07) is 10.1. The third-order valence-corrected chi connectivity index (χ3v) is 3.71. The molecule has 0 fully saturated rings. The van der Waals surface area contributed by atoms with Crippen LogP contribution in [0.5, 0.6) is 0 Å². The molecule has 1 aromatic carbocycles. The number of Topliss-reactive ketones (excluding diaryl/α,β-unsaturated/α-hetero) is 1. The normalized spacial score (nSPS) is 11.8. The first-order valence-electron chi connectivity index (χ1n) is 7.49. The predicted octanol–water partition coefficient (Wildman–Crippen LogP) is 2.94. The first-order chi connectivity index (χ1) is 11.3. The summed E-state index contributed by atoms with van der Waals surface area (Å²) in [6.07, 6.45) is 0. The van der Waals surface area contributed by atoms with E-state index in [1.807, 2.05) is 0 Å². The second-order valence-electron chi connectivity index (χ2n) is 5.72. The first-order valence-corrected chi connectivity index (χ1v) is 7.49. The maximum absolute atomic E-state index is 12.3. The maximum atomic E-state index is 12.3. The fourth-order valence-corrected chi connectivity index (χ4v) is 2.24. The smallest absolute Gasteiger partial charge is 0.308 e. The molecule has 1 amide bonds. The molecule has 24 heavy (non-hydrogen) atoms. The molecule has 1 N–H and O–H groups in total. The number of nitrogens with zero attached hydrogens (tertiary/aromatic N) is 1. The van der Waals surface area contributed by atoms with E-state index in [2.05, 4.69) is 0 Å². The topological polar surface area (TPSA) is 87.8 Å². The third kappa shape index (κ3) is 3.90. The molecule has 0 aliphatic carbocycles. The number of carboxylic acids is 1. The fraction of sp³-hybridized carbons (Fsp3) is 0.278. The third-order valence-electron chi connectivity index (χ3n) is 3.71. The van der Waals surface area contributed by atoms with Gasteiger partial charge in [-0.15, -0.1) is 0 Å². The van der Waals surface area contributed by atoms with Crippen molar-refractivity contribution in [3.05, 3.63) is 47.7 Å². The Hall–Kier alpha value is -2.89. The Balaban J connectivity index is 2.13. The number of carboxylic acid groups (broad SMARTS) is 1. The van der Waals surface area contributed by atoms with Crippen molar-refractivity contribution in [3.8, 4) is 11.3 Å². The summed E-state index contributed by atoms with van der Waals surface area (Å²) in [5, 5.41) is 8.91. The van der Waals surface area contributed by atoms with Crippen LogP contribution in [0, 0.1) is 5.92 Å². The highest BCUT2D eigenvalue weighted by atomic mass is 16.4. The van der Waals surface area contributed by atoms with Crippen LogP contribution in [0.15, 0.2) is 40.8 Å². The summed E-state index contributed by atoms with van der Waals surface area (Å²) in [5.74, 6) is -1.37. The van der Waals surface area contributed by atoms with Crippen LogP contribution in [0.3, 0.4) is 0 Å². The lowest BCUT2D eigenvalue weighted by molar-refractivity contribution is -0.141. The Morgan fingerprint density at radius 1 is 1.12 bits per heavy atom. The van der Waals surface area contributed by atoms with Gasteiger partial charge in [-0.25, -0.2) is 0 Å². The Labute approximate surface area is 139 Å². The van der Waals surface area contributed by atoms with E-state index in [-0.39, 0.29) is 24.0 Å². The minimum absolute atomic E-state index is 0.0222. The molecule has 0 aliphatic heterocycles. The van der Waals surface area contributed by atoms with Crippen molar-refractivity contribution < 1.29 is 23.9 Å². The van der Waals surface area contributed by atoms with Crippen molar-refractivity contribution in [2.75, 3.05) is 13.6 Å². The molecule has 0 aliphatic rings. The zero-order valence-corrected chi connectivity index (χ0v) is 13.8. The molecule has 1 heterocycles. The number of carbonyl (C=O) groups excluding carboxylic acids is 2. The summed E-state index contributed by atoms with van der Waals surface area (Å²) < 4.78 is 5.57. The number of amides is 1. The molecule has 6 heteroatoms. The van der Waals surface area contributed by atoms with Crippen molar-refractivity contribution in [1.82, 2.24) is 4.90 Å². The minimum Gasteiger partial charge on any atom is -0.481 e. The van der Waals surface area contributed by atoms with Crippen LogP contribution in [0.1, 0.15) is 34.8 Å². The lowest BCUT2D eigenvalue weighted by atomic mass is 10.1. The van der Waals surface area contributed by atoms with Gasteiger partial charge in [-0.05, 0) is 19.1 Å². The zero-order valence-electron chi connectivity index (χ0n) is 13.8. The van der Waals surface area contributed by atoms with Crippen LogP contribution in [0.25, 0.3) is 11.3 Å². The summed E-state index contributed by atoms with van der Waals surface area (Å²) in [6.45, 7) is 3.13. The van der Waals surface area contributed by atoms with E-state index in [0.29, 0.717) is 11.3 Å². The summed E-state index contributed by atoms with van der Waals surface area (Å²) >= 11 is 0. The van der Waals surface area contributed by atoms with E-state index >= 15 is 0 Å². The Kier molecular flexibility index (Phi) is 5.18. The standard InChI is InChI=1S/C18H19NO5/c1-11(18(22)23)10-19(3)17(21)16-9-8-15(24-16)14-6-4-13(5-7-14)12(2)20/h4-9,11H,10H2,1-3H3,(H,22,23). The van der Waals surface area contributed by atoms with Gasteiger partial charge in [0.15, 0.2) is 11.5 Å². The van der Waals surface area contributed by atoms with Gasteiger partial charge in [0.05, 0.1) is 5.92 Å². The molecule has 1 aromatic heterocycles. The van der Waals surface area contributed by atoms with Crippen LogP contribution in [0.4, 0.5) is 0 Å². The second kappa shape index (κ2) is 7.12. The van der Waals surface area contributed by atoms with Gasteiger partial charge < -0.3 is 14.4 Å². The highest BCUT2D eigenvalue weighted by Gasteiger charge is 2.21. The maximum Gasteiger partial charge on any atom is 0.308 e. The Morgan fingerprint density at radius 2 is 1.75 bits per heavy atom. The predicted molar refractivity (Wildman–Crippen MR) is 87.9 cm³/mol. The van der Waals surface area contributed by atoms with E-state index in [0.717, 1.165) is 5.56 Å². The zero-order chi connectivity index (χ0) is 17.9. The summed E-state index contributed by atoms with van der Waals surface area (Å²) in [4.78, 5) is 35.8. The number of benzene rings is 1. The number of rotatable bonds is 6. The molecule has 1 atom stereocenters. The van der Waals surface area contributed by atoms with Crippen molar-refractivity contribution >= 4 is 17.7 Å². The van der Waals surface area contributed by atoms with Crippen molar-refractivity contribution in [2.45, 2.75) is 13.8 Å². The van der Waals surface area contributed by atoms with Gasteiger partial charge in [0, 0.05) is 24.7 Å². The molecule has 0 spiro atoms. The molecule has 0 radical (unpaired) electrons. The monoisotopic (exact) mass is 329 g/mol. The lowest BCUT2D eigenvalue weighted by Gasteiger charge is -2.18. The Bertz CT molecular complexity index is 760. The average Bonchev–Trinajstić information content (AvgIpc) is 3.03. The number of hydrogen-bond donors (Lipinski definition) is 1. The van der Waals surface area contributed by atoms with Gasteiger partial charge in [0.2, 0.25) is 0 Å². The van der Waals surface area contributed by atoms with Gasteiger partial charge in [-0.1, -0.05) is 31.2 Å². The average molecular weight is 329 g/mol. The highest BCUT2D eigenvalue weighted by molar-refractivity contribution is 5.94. The largest absolute Gasteiger partial charge is 0.481 e. The molecule has 2 rings (SSSR count). The van der Waals surface area contributed by atoms with Gasteiger partial charge in [-0.2, -0.15) is 0 Å². The molecule has 2 aromatic rings. The highest BCUT2D eigenvalue weighted by Crippen LogP contribution is 2.23. The van der Waals surface area contributed by atoms with Crippen LogP contribution in [0.2, 0.25) is 0 Å². The van der Waals surface area contributed by atoms with E-state index in [1.165, 1.54) is 25.8 Å². The SMILES string of the molecule is CC(=O)c1ccc(-c2ccc(C(=O)N(C)CC(C)C(=O)O)o2)cc1. The van der Waals surface area contributed by atoms with Gasteiger partial charge in [-0.3, -0.25) is 14.4 Å². The van der Waals surface area contributed by atoms with Crippen molar-refractivity contribution in [1.29, 1.82) is 0 Å². The molecule has 0 saturated heterocycles. The number of carbonyl (C=O) groups is 3. The molecule has 1 unspecified atom stereocenters. The summed E-state index contributed by atoms with van der Waals surface area (Å²) in [7, 11) is 1.53. The minimum atomic E-state index is -0.958. The van der Waals surface area contributed by atoms with Crippen molar-refractivity contribution in [3.63, 3.8) is 0 Å².